The van der Waals surface area contributed by atoms with Crippen molar-refractivity contribution in [1.82, 2.24) is 4.98 Å². The Labute approximate surface area is 95.0 Å². The van der Waals surface area contributed by atoms with E-state index in [-0.39, 0.29) is 0 Å². The predicted octanol–water partition coefficient (Wildman–Crippen LogP) is 4.13. The summed E-state index contributed by atoms with van der Waals surface area (Å²) in [6, 6.07) is 7.18. The van der Waals surface area contributed by atoms with Gasteiger partial charge in [0, 0.05) is 20.5 Å². The number of rotatable bonds is 6. The van der Waals surface area contributed by atoms with Gasteiger partial charge < -0.3 is 0 Å². The van der Waals surface area contributed by atoms with E-state index in [2.05, 4.69) is 37.1 Å². The van der Waals surface area contributed by atoms with E-state index >= 15 is 0 Å². The SMILES string of the molecule is CCCC[Si](C)(C)CCc1ccncc1. The van der Waals surface area contributed by atoms with Crippen molar-refractivity contribution in [2.45, 2.75) is 51.4 Å². The molecule has 0 atom stereocenters. The maximum absolute atomic E-state index is 4.05. The first-order valence-corrected chi connectivity index (χ1v) is 9.44. The molecule has 0 unspecified atom stereocenters. The normalized spacial score (nSPS) is 11.7. The molecule has 1 nitrogen and oxygen atoms in total. The van der Waals surface area contributed by atoms with E-state index in [0.717, 1.165) is 0 Å². The van der Waals surface area contributed by atoms with E-state index in [1.54, 1.807) is 0 Å². The van der Waals surface area contributed by atoms with Crippen molar-refractivity contribution >= 4 is 8.07 Å². The lowest BCUT2D eigenvalue weighted by Gasteiger charge is -2.21. The smallest absolute Gasteiger partial charge is 0.0477 e. The Bertz CT molecular complexity index is 269. The van der Waals surface area contributed by atoms with Crippen LogP contribution in [0.1, 0.15) is 25.3 Å². The van der Waals surface area contributed by atoms with Crippen LogP contribution in [0, 0.1) is 0 Å². The molecule has 1 aromatic rings. The maximum atomic E-state index is 4.05. The molecule has 0 N–H and O–H groups in total. The highest BCUT2D eigenvalue weighted by molar-refractivity contribution is 6.77. The van der Waals surface area contributed by atoms with Gasteiger partial charge in [-0.25, -0.2) is 0 Å². The lowest BCUT2D eigenvalue weighted by Crippen LogP contribution is -2.25. The van der Waals surface area contributed by atoms with Crippen LogP contribution in [-0.2, 0) is 6.42 Å². The summed E-state index contributed by atoms with van der Waals surface area (Å²) in [5, 5.41) is 0. The number of aromatic nitrogens is 1. The molecule has 1 heterocycles. The predicted molar refractivity (Wildman–Crippen MR) is 69.9 cm³/mol. The maximum Gasteiger partial charge on any atom is 0.0477 e. The van der Waals surface area contributed by atoms with Gasteiger partial charge in [-0.2, -0.15) is 0 Å². The number of nitrogens with zero attached hydrogens (tertiary/aromatic N) is 1. The number of hydrogen-bond donors (Lipinski definition) is 0. The van der Waals surface area contributed by atoms with Gasteiger partial charge in [-0.05, 0) is 24.1 Å². The Balaban J connectivity index is 2.35. The van der Waals surface area contributed by atoms with Crippen LogP contribution >= 0.6 is 0 Å². The fraction of sp³-hybridized carbons (Fsp3) is 0.615. The molecule has 0 amide bonds. The monoisotopic (exact) mass is 221 g/mol. The largest absolute Gasteiger partial charge is 0.265 e. The molecular weight excluding hydrogens is 198 g/mol. The summed E-state index contributed by atoms with van der Waals surface area (Å²) in [4.78, 5) is 4.05. The average molecular weight is 221 g/mol. The van der Waals surface area contributed by atoms with Gasteiger partial charge in [0.25, 0.3) is 0 Å². The molecule has 1 aromatic heterocycles. The lowest BCUT2D eigenvalue weighted by atomic mass is 10.2. The third kappa shape index (κ3) is 5.12. The summed E-state index contributed by atoms with van der Waals surface area (Å²) in [5.41, 5.74) is 1.45. The van der Waals surface area contributed by atoms with Crippen molar-refractivity contribution in [3.8, 4) is 0 Å². The first-order valence-electron chi connectivity index (χ1n) is 6.03. The molecule has 0 aliphatic heterocycles. The highest BCUT2D eigenvalue weighted by Gasteiger charge is 2.19. The molecule has 15 heavy (non-hydrogen) atoms. The Morgan fingerprint density at radius 1 is 1.13 bits per heavy atom. The Morgan fingerprint density at radius 2 is 1.80 bits per heavy atom. The fourth-order valence-electron chi connectivity index (χ4n) is 1.81. The molecule has 0 aromatic carbocycles. The molecule has 2 heteroatoms. The topological polar surface area (TPSA) is 12.9 Å². The lowest BCUT2D eigenvalue weighted by molar-refractivity contribution is 0.859. The van der Waals surface area contributed by atoms with E-state index in [0.29, 0.717) is 0 Å². The quantitative estimate of drug-likeness (QED) is 0.658. The number of aryl methyl sites for hydroxylation is 1. The van der Waals surface area contributed by atoms with E-state index in [1.807, 2.05) is 12.4 Å². The van der Waals surface area contributed by atoms with Gasteiger partial charge in [0.2, 0.25) is 0 Å². The Hall–Kier alpha value is -0.633. The molecule has 0 aliphatic rings. The molecular formula is C13H23NSi. The second-order valence-electron chi connectivity index (χ2n) is 5.12. The minimum Gasteiger partial charge on any atom is -0.265 e. The van der Waals surface area contributed by atoms with Crippen molar-refractivity contribution in [2.24, 2.45) is 0 Å². The van der Waals surface area contributed by atoms with Gasteiger partial charge in [0.05, 0.1) is 0 Å². The number of hydrogen-bond acceptors (Lipinski definition) is 1. The fourth-order valence-corrected chi connectivity index (χ4v) is 4.34. The summed E-state index contributed by atoms with van der Waals surface area (Å²) in [5.74, 6) is 0. The van der Waals surface area contributed by atoms with Gasteiger partial charge in [0.15, 0.2) is 0 Å². The zero-order valence-corrected chi connectivity index (χ0v) is 11.3. The van der Waals surface area contributed by atoms with Crippen LogP contribution in [0.5, 0.6) is 0 Å². The molecule has 0 saturated heterocycles. The minimum atomic E-state index is -0.927. The Morgan fingerprint density at radius 3 is 2.40 bits per heavy atom. The van der Waals surface area contributed by atoms with E-state index in [1.165, 1.54) is 36.9 Å². The first kappa shape index (κ1) is 12.4. The average Bonchev–Trinajstić information content (AvgIpc) is 2.25. The summed E-state index contributed by atoms with van der Waals surface area (Å²) in [6.07, 6.45) is 7.79. The zero-order valence-electron chi connectivity index (χ0n) is 10.3. The number of unbranched alkanes of at least 4 members (excludes halogenated alkanes) is 1. The first-order chi connectivity index (χ1) is 7.14. The van der Waals surface area contributed by atoms with Crippen molar-refractivity contribution in [3.05, 3.63) is 30.1 Å². The van der Waals surface area contributed by atoms with Crippen molar-refractivity contribution in [2.75, 3.05) is 0 Å². The van der Waals surface area contributed by atoms with Crippen LogP contribution in [-0.4, -0.2) is 13.1 Å². The van der Waals surface area contributed by atoms with Gasteiger partial charge in [0.1, 0.15) is 0 Å². The highest BCUT2D eigenvalue weighted by Crippen LogP contribution is 2.20. The third-order valence-electron chi connectivity index (χ3n) is 3.05. The molecule has 84 valence electrons. The summed E-state index contributed by atoms with van der Waals surface area (Å²) >= 11 is 0. The summed E-state index contributed by atoms with van der Waals surface area (Å²) in [6.45, 7) is 7.32. The van der Waals surface area contributed by atoms with Crippen LogP contribution in [0.3, 0.4) is 0 Å². The highest BCUT2D eigenvalue weighted by atomic mass is 28.3. The van der Waals surface area contributed by atoms with Crippen molar-refractivity contribution < 1.29 is 0 Å². The van der Waals surface area contributed by atoms with E-state index < -0.39 is 8.07 Å². The van der Waals surface area contributed by atoms with Crippen LogP contribution in [0.4, 0.5) is 0 Å². The van der Waals surface area contributed by atoms with Crippen LogP contribution in [0.2, 0.25) is 25.2 Å². The van der Waals surface area contributed by atoms with Crippen LogP contribution < -0.4 is 0 Å². The van der Waals surface area contributed by atoms with E-state index in [9.17, 15) is 0 Å². The second-order valence-corrected chi connectivity index (χ2v) is 10.5. The van der Waals surface area contributed by atoms with Crippen molar-refractivity contribution in [1.29, 1.82) is 0 Å². The summed E-state index contributed by atoms with van der Waals surface area (Å²) < 4.78 is 0. The minimum absolute atomic E-state index is 0.927. The Kier molecular flexibility index (Phi) is 5.02. The standard InChI is InChI=1S/C13H23NSi/c1-4-5-11-15(2,3)12-8-13-6-9-14-10-7-13/h6-7,9-10H,4-5,8,11-12H2,1-3H3. The molecule has 0 radical (unpaired) electrons. The van der Waals surface area contributed by atoms with Gasteiger partial charge in [-0.1, -0.05) is 44.9 Å². The molecule has 0 aliphatic carbocycles. The molecule has 0 spiro atoms. The molecule has 0 fully saturated rings. The van der Waals surface area contributed by atoms with Gasteiger partial charge in [-0.15, -0.1) is 0 Å². The van der Waals surface area contributed by atoms with Crippen molar-refractivity contribution in [3.63, 3.8) is 0 Å². The number of pyridine rings is 1. The summed E-state index contributed by atoms with van der Waals surface area (Å²) in [7, 11) is -0.927. The second kappa shape index (κ2) is 6.06. The van der Waals surface area contributed by atoms with Gasteiger partial charge in [-0.3, -0.25) is 4.98 Å². The van der Waals surface area contributed by atoms with Crippen LogP contribution in [0.25, 0.3) is 0 Å². The molecule has 0 bridgehead atoms. The van der Waals surface area contributed by atoms with Crippen LogP contribution in [0.15, 0.2) is 24.5 Å². The molecule has 0 saturated carbocycles. The van der Waals surface area contributed by atoms with Gasteiger partial charge >= 0.3 is 0 Å². The molecule has 1 rings (SSSR count). The van der Waals surface area contributed by atoms with E-state index in [4.69, 9.17) is 0 Å². The third-order valence-corrected chi connectivity index (χ3v) is 6.36. The zero-order chi connectivity index (χ0) is 11.1.